The predicted molar refractivity (Wildman–Crippen MR) is 119 cm³/mol. The Hall–Kier alpha value is -2.78. The number of aromatic nitrogens is 2. The van der Waals surface area contributed by atoms with Gasteiger partial charge in [-0.3, -0.25) is 5.32 Å². The summed E-state index contributed by atoms with van der Waals surface area (Å²) in [7, 11) is 1.50. The molecular weight excluding hydrogens is 431 g/mol. The average Bonchev–Trinajstić information content (AvgIpc) is 2.70. The van der Waals surface area contributed by atoms with E-state index in [2.05, 4.69) is 31.2 Å². The number of ether oxygens (including phenoxy) is 1. The highest BCUT2D eigenvalue weighted by atomic mass is 35.5. The number of nitrogens with zero attached hydrogens (tertiary/aromatic N) is 2. The zero-order chi connectivity index (χ0) is 22.1. The fourth-order valence-electron chi connectivity index (χ4n) is 2.27. The summed E-state index contributed by atoms with van der Waals surface area (Å²) in [5.41, 5.74) is 1.25. The van der Waals surface area contributed by atoms with E-state index in [-0.39, 0.29) is 18.5 Å². The molecule has 0 bridgehead atoms. The molecule has 0 spiro atoms. The molecule has 0 atom stereocenters. The lowest BCUT2D eigenvalue weighted by molar-refractivity contribution is 0.148. The minimum atomic E-state index is -0.515. The van der Waals surface area contributed by atoms with E-state index in [1.54, 1.807) is 18.2 Å². The Labute approximate surface area is 184 Å². The van der Waals surface area contributed by atoms with Crippen LogP contribution in [0.5, 0.6) is 0 Å². The van der Waals surface area contributed by atoms with Crippen molar-refractivity contribution >= 4 is 52.8 Å². The number of carbonyl (C=O) groups is 2. The molecule has 2 rings (SSSR count). The lowest BCUT2D eigenvalue weighted by Gasteiger charge is -2.13. The van der Waals surface area contributed by atoms with Crippen LogP contribution in [0.3, 0.4) is 0 Å². The van der Waals surface area contributed by atoms with E-state index in [1.807, 2.05) is 19.9 Å². The van der Waals surface area contributed by atoms with Crippen molar-refractivity contribution in [3.63, 3.8) is 0 Å². The molecule has 0 aliphatic rings. The first-order valence-electron chi connectivity index (χ1n) is 9.29. The highest BCUT2D eigenvalue weighted by Gasteiger charge is 2.11. The maximum atomic E-state index is 12.3. The van der Waals surface area contributed by atoms with Gasteiger partial charge in [0.1, 0.15) is 5.82 Å². The summed E-state index contributed by atoms with van der Waals surface area (Å²) in [6.07, 6.45) is 0.119. The summed E-state index contributed by atoms with van der Waals surface area (Å²) in [5.74, 6) is 0.838. The molecule has 0 radical (unpaired) electrons. The molecule has 0 fully saturated rings. The van der Waals surface area contributed by atoms with Crippen LogP contribution in [0, 0.1) is 0 Å². The van der Waals surface area contributed by atoms with Crippen molar-refractivity contribution in [3.8, 4) is 0 Å². The van der Waals surface area contributed by atoms with Gasteiger partial charge in [-0.2, -0.15) is 4.98 Å². The van der Waals surface area contributed by atoms with Crippen molar-refractivity contribution in [3.05, 3.63) is 40.0 Å². The number of hydrogen-bond donors (Lipinski definition) is 4. The third kappa shape index (κ3) is 7.57. The smallest absolute Gasteiger partial charge is 0.406 e. The van der Waals surface area contributed by atoms with Crippen LogP contribution in [-0.4, -0.2) is 42.3 Å². The molecular formula is C19H24Cl2N6O3. The fraction of sp³-hybridized carbons (Fsp3) is 0.368. The van der Waals surface area contributed by atoms with Gasteiger partial charge in [-0.25, -0.2) is 14.6 Å². The van der Waals surface area contributed by atoms with Gasteiger partial charge in [-0.05, 0) is 30.5 Å². The third-order valence-electron chi connectivity index (χ3n) is 3.80. The van der Waals surface area contributed by atoms with Crippen molar-refractivity contribution in [1.82, 2.24) is 15.3 Å². The number of hydrogen-bond acceptors (Lipinski definition) is 6. The van der Waals surface area contributed by atoms with Crippen LogP contribution >= 0.6 is 23.2 Å². The number of carbonyl (C=O) groups excluding carboxylic acids is 2. The number of alkyl carbamates (subject to hydrolysis) is 1. The van der Waals surface area contributed by atoms with Gasteiger partial charge in [0.2, 0.25) is 5.95 Å². The van der Waals surface area contributed by atoms with Crippen molar-refractivity contribution in [2.24, 2.45) is 0 Å². The summed E-state index contributed by atoms with van der Waals surface area (Å²) in [6.45, 7) is 4.78. The predicted octanol–water partition coefficient (Wildman–Crippen LogP) is 4.71. The number of urea groups is 1. The quantitative estimate of drug-likeness (QED) is 0.429. The second kappa shape index (κ2) is 11.4. The topological polar surface area (TPSA) is 117 Å². The first-order valence-corrected chi connectivity index (χ1v) is 10.0. The molecule has 1 aromatic heterocycles. The lowest BCUT2D eigenvalue weighted by atomic mass is 10.1. The van der Waals surface area contributed by atoms with Crippen LogP contribution < -0.4 is 21.3 Å². The molecule has 3 amide bonds. The van der Waals surface area contributed by atoms with Crippen molar-refractivity contribution in [2.45, 2.75) is 26.2 Å². The van der Waals surface area contributed by atoms with E-state index in [1.165, 1.54) is 7.05 Å². The Bertz CT molecular complexity index is 895. The third-order valence-corrected chi connectivity index (χ3v) is 4.54. The van der Waals surface area contributed by atoms with Crippen molar-refractivity contribution in [1.29, 1.82) is 0 Å². The summed E-state index contributed by atoms with van der Waals surface area (Å²) in [5, 5.41) is 11.5. The lowest BCUT2D eigenvalue weighted by Crippen LogP contribution is -2.22. The minimum Gasteiger partial charge on any atom is -0.450 e. The number of amides is 3. The fourth-order valence-corrected chi connectivity index (χ4v) is 2.57. The van der Waals surface area contributed by atoms with Gasteiger partial charge in [0.05, 0.1) is 22.3 Å². The monoisotopic (exact) mass is 454 g/mol. The van der Waals surface area contributed by atoms with Gasteiger partial charge in [0.15, 0.2) is 0 Å². The minimum absolute atomic E-state index is 0.129. The van der Waals surface area contributed by atoms with Gasteiger partial charge in [0.25, 0.3) is 0 Å². The van der Waals surface area contributed by atoms with Gasteiger partial charge < -0.3 is 20.7 Å². The second-order valence-electron chi connectivity index (χ2n) is 6.53. The van der Waals surface area contributed by atoms with E-state index in [0.717, 1.165) is 5.69 Å². The number of anilines is 3. The van der Waals surface area contributed by atoms with E-state index in [0.29, 0.717) is 34.5 Å². The number of nitrogens with one attached hydrogen (secondary N) is 4. The van der Waals surface area contributed by atoms with Crippen LogP contribution in [0.2, 0.25) is 10.0 Å². The van der Waals surface area contributed by atoms with Gasteiger partial charge >= 0.3 is 12.1 Å². The second-order valence-corrected chi connectivity index (χ2v) is 7.35. The maximum Gasteiger partial charge on any atom is 0.406 e. The van der Waals surface area contributed by atoms with Gasteiger partial charge in [-0.15, -0.1) is 0 Å². The number of halogens is 2. The molecule has 11 heteroatoms. The summed E-state index contributed by atoms with van der Waals surface area (Å²) in [4.78, 5) is 32.0. The van der Waals surface area contributed by atoms with E-state index >= 15 is 0 Å². The van der Waals surface area contributed by atoms with Gasteiger partial charge in [0, 0.05) is 25.3 Å². The first kappa shape index (κ1) is 23.5. The Kier molecular flexibility index (Phi) is 8.94. The molecule has 2 aromatic rings. The molecule has 30 heavy (non-hydrogen) atoms. The summed E-state index contributed by atoms with van der Waals surface area (Å²) < 4.78 is 4.93. The van der Waals surface area contributed by atoms with E-state index in [4.69, 9.17) is 27.9 Å². The summed E-state index contributed by atoms with van der Waals surface area (Å²) in [6, 6.07) is 6.06. The molecule has 0 saturated carbocycles. The Morgan fingerprint density at radius 3 is 2.53 bits per heavy atom. The molecule has 1 heterocycles. The first-order chi connectivity index (χ1) is 14.3. The molecule has 0 aliphatic heterocycles. The van der Waals surface area contributed by atoms with Crippen LogP contribution in [-0.2, 0) is 4.74 Å². The zero-order valence-corrected chi connectivity index (χ0v) is 18.4. The normalized spacial score (nSPS) is 10.5. The highest BCUT2D eigenvalue weighted by Crippen LogP contribution is 2.25. The molecule has 4 N–H and O–H groups in total. The zero-order valence-electron chi connectivity index (χ0n) is 16.9. The maximum absolute atomic E-state index is 12.3. The Balaban J connectivity index is 1.99. The molecule has 9 nitrogen and oxygen atoms in total. The van der Waals surface area contributed by atoms with E-state index < -0.39 is 12.1 Å². The molecule has 1 aromatic carbocycles. The van der Waals surface area contributed by atoms with Crippen LogP contribution in [0.1, 0.15) is 31.9 Å². The van der Waals surface area contributed by atoms with Crippen molar-refractivity contribution < 1.29 is 14.3 Å². The van der Waals surface area contributed by atoms with Crippen LogP contribution in [0.4, 0.5) is 27.0 Å². The van der Waals surface area contributed by atoms with Gasteiger partial charge in [-0.1, -0.05) is 37.0 Å². The van der Waals surface area contributed by atoms with Crippen molar-refractivity contribution in [2.75, 3.05) is 36.1 Å². The highest BCUT2D eigenvalue weighted by molar-refractivity contribution is 6.42. The SMILES string of the molecule is CNC(=O)OCCCNc1cc(C(C)C)nc(NC(=O)Nc2ccc(Cl)c(Cl)c2)n1. The number of rotatable bonds is 8. The molecule has 0 unspecified atom stereocenters. The molecule has 0 aliphatic carbocycles. The van der Waals surface area contributed by atoms with Crippen LogP contribution in [0.15, 0.2) is 24.3 Å². The average molecular weight is 455 g/mol. The standard InChI is InChI=1S/C19H24Cl2N6O3/c1-11(2)15-10-16(23-7-4-8-30-19(29)22-3)26-17(25-15)27-18(28)24-12-5-6-13(20)14(21)9-12/h5-6,9-11H,4,7-8H2,1-3H3,(H,22,29)(H3,23,24,25,26,27,28). The number of benzene rings is 1. The molecule has 0 saturated heterocycles. The summed E-state index contributed by atoms with van der Waals surface area (Å²) >= 11 is 11.8. The van der Waals surface area contributed by atoms with Crippen LogP contribution in [0.25, 0.3) is 0 Å². The largest absolute Gasteiger partial charge is 0.450 e. The molecule has 162 valence electrons. The Morgan fingerprint density at radius 2 is 1.87 bits per heavy atom. The Morgan fingerprint density at radius 1 is 1.10 bits per heavy atom. The van der Waals surface area contributed by atoms with E-state index in [9.17, 15) is 9.59 Å².